The van der Waals surface area contributed by atoms with Gasteiger partial charge in [0.1, 0.15) is 0 Å². The van der Waals surface area contributed by atoms with Crippen LogP contribution in [0.2, 0.25) is 0 Å². The van der Waals surface area contributed by atoms with E-state index in [0.29, 0.717) is 17.0 Å². The van der Waals surface area contributed by atoms with Crippen molar-refractivity contribution in [3.63, 3.8) is 0 Å². The average molecular weight is 289 g/mol. The number of ether oxygens (including phenoxy) is 1. The Morgan fingerprint density at radius 2 is 2.05 bits per heavy atom. The third-order valence-electron chi connectivity index (χ3n) is 2.26. The van der Waals surface area contributed by atoms with E-state index in [2.05, 4.69) is 14.7 Å². The highest BCUT2D eigenvalue weighted by Crippen LogP contribution is 2.26. The van der Waals surface area contributed by atoms with Gasteiger partial charge < -0.3 is 4.74 Å². The zero-order chi connectivity index (χ0) is 13.8. The summed E-state index contributed by atoms with van der Waals surface area (Å²) in [7, 11) is 0. The normalized spacial score (nSPS) is 10.8. The highest BCUT2D eigenvalue weighted by atomic mass is 35.5. The molecule has 0 radical (unpaired) electrons. The minimum absolute atomic E-state index is 0.169. The van der Waals surface area contributed by atoms with Crippen molar-refractivity contribution in [2.75, 3.05) is 0 Å². The Hall–Kier alpha value is -1.82. The lowest BCUT2D eigenvalue weighted by Gasteiger charge is -2.08. The Labute approximate surface area is 112 Å². The molecule has 1 aromatic heterocycles. The van der Waals surface area contributed by atoms with Crippen LogP contribution in [0, 0.1) is 5.82 Å². The number of alkyl halides is 3. The Morgan fingerprint density at radius 1 is 1.26 bits per heavy atom. The first-order chi connectivity index (χ1) is 9.10. The van der Waals surface area contributed by atoms with Crippen LogP contribution in [0.3, 0.4) is 0 Å². The molecule has 0 saturated heterocycles. The molecule has 0 amide bonds. The van der Waals surface area contributed by atoms with Crippen LogP contribution in [0.5, 0.6) is 5.75 Å². The quantitative estimate of drug-likeness (QED) is 0.806. The van der Waals surface area contributed by atoms with Crippen molar-refractivity contribution in [3.8, 4) is 17.0 Å². The second-order valence-corrected chi connectivity index (χ2v) is 3.82. The average Bonchev–Trinajstić information content (AvgIpc) is 2.41. The fourth-order valence-corrected chi connectivity index (χ4v) is 1.59. The summed E-state index contributed by atoms with van der Waals surface area (Å²) in [6.07, 6.45) is 2.91. The van der Waals surface area contributed by atoms with Crippen molar-refractivity contribution >= 4 is 11.6 Å². The maximum absolute atomic E-state index is 13.3. The van der Waals surface area contributed by atoms with E-state index < -0.39 is 18.2 Å². The smallest absolute Gasteiger partial charge is 0.387 e. The van der Waals surface area contributed by atoms with E-state index in [-0.39, 0.29) is 5.88 Å². The summed E-state index contributed by atoms with van der Waals surface area (Å²) in [5.74, 6) is -1.24. The molecular formula is C12H8ClF3N2O. The molecule has 0 unspecified atom stereocenters. The largest absolute Gasteiger partial charge is 0.432 e. The molecule has 0 fully saturated rings. The van der Waals surface area contributed by atoms with Crippen LogP contribution in [0.15, 0.2) is 30.6 Å². The van der Waals surface area contributed by atoms with Gasteiger partial charge in [-0.25, -0.2) is 9.37 Å². The molecule has 3 nitrogen and oxygen atoms in total. The van der Waals surface area contributed by atoms with Crippen molar-refractivity contribution < 1.29 is 17.9 Å². The van der Waals surface area contributed by atoms with Gasteiger partial charge >= 0.3 is 6.61 Å². The van der Waals surface area contributed by atoms with Crippen LogP contribution in [0.1, 0.15) is 5.69 Å². The van der Waals surface area contributed by atoms with E-state index in [1.165, 1.54) is 18.5 Å². The van der Waals surface area contributed by atoms with Gasteiger partial charge in [-0.2, -0.15) is 8.78 Å². The predicted molar refractivity (Wildman–Crippen MR) is 63.6 cm³/mol. The number of hydrogen-bond donors (Lipinski definition) is 0. The molecule has 0 atom stereocenters. The van der Waals surface area contributed by atoms with E-state index in [1.54, 1.807) is 0 Å². The van der Waals surface area contributed by atoms with Gasteiger partial charge in [-0.05, 0) is 18.2 Å². The molecule has 0 bridgehead atoms. The van der Waals surface area contributed by atoms with Crippen molar-refractivity contribution in [1.29, 1.82) is 0 Å². The highest BCUT2D eigenvalue weighted by molar-refractivity contribution is 6.16. The predicted octanol–water partition coefficient (Wildman–Crippen LogP) is 3.62. The lowest BCUT2D eigenvalue weighted by atomic mass is 10.1. The van der Waals surface area contributed by atoms with Crippen LogP contribution in [-0.4, -0.2) is 16.6 Å². The van der Waals surface area contributed by atoms with Gasteiger partial charge in [-0.1, -0.05) is 0 Å². The minimum atomic E-state index is -3.09. The first-order valence-electron chi connectivity index (χ1n) is 5.22. The summed E-state index contributed by atoms with van der Waals surface area (Å²) in [6, 6.07) is 3.57. The summed E-state index contributed by atoms with van der Waals surface area (Å²) in [5.41, 5.74) is 1.34. The molecule has 0 aliphatic heterocycles. The molecule has 1 heterocycles. The number of aromatic nitrogens is 2. The van der Waals surface area contributed by atoms with Gasteiger partial charge in [0.25, 0.3) is 0 Å². The van der Waals surface area contributed by atoms with Gasteiger partial charge in [0, 0.05) is 11.8 Å². The molecule has 0 aliphatic rings. The van der Waals surface area contributed by atoms with Crippen molar-refractivity contribution in [1.82, 2.24) is 9.97 Å². The fraction of sp³-hybridized carbons (Fsp3) is 0.167. The van der Waals surface area contributed by atoms with Crippen molar-refractivity contribution in [3.05, 3.63) is 42.1 Å². The number of halogens is 4. The second kappa shape index (κ2) is 5.88. The molecule has 0 aliphatic carbocycles. The maximum atomic E-state index is 13.3. The summed E-state index contributed by atoms with van der Waals surface area (Å²) in [6.45, 7) is -3.09. The van der Waals surface area contributed by atoms with Gasteiger partial charge in [0.2, 0.25) is 0 Å². The van der Waals surface area contributed by atoms with E-state index in [9.17, 15) is 13.2 Å². The zero-order valence-corrected chi connectivity index (χ0v) is 10.2. The van der Waals surface area contributed by atoms with Crippen LogP contribution in [0.4, 0.5) is 13.2 Å². The Balaban J connectivity index is 2.39. The second-order valence-electron chi connectivity index (χ2n) is 3.55. The minimum Gasteiger partial charge on any atom is -0.432 e. The topological polar surface area (TPSA) is 35.0 Å². The Bertz CT molecular complexity index is 581. The van der Waals surface area contributed by atoms with E-state index >= 15 is 0 Å². The molecule has 19 heavy (non-hydrogen) atoms. The van der Waals surface area contributed by atoms with E-state index in [0.717, 1.165) is 12.1 Å². The first-order valence-corrected chi connectivity index (χ1v) is 5.75. The maximum Gasteiger partial charge on any atom is 0.387 e. The zero-order valence-electron chi connectivity index (χ0n) is 9.49. The standard InChI is InChI=1S/C12H8ClF3N2O/c13-4-8-5-17-6-10(18-8)7-1-2-9(14)11(3-7)19-12(15)16/h1-3,5-6,12H,4H2. The summed E-state index contributed by atoms with van der Waals surface area (Å²) in [4.78, 5) is 8.07. The first kappa shape index (κ1) is 13.6. The summed E-state index contributed by atoms with van der Waals surface area (Å²) >= 11 is 5.63. The molecule has 0 spiro atoms. The van der Waals surface area contributed by atoms with Gasteiger partial charge in [0.15, 0.2) is 11.6 Å². The molecule has 1 aromatic carbocycles. The third-order valence-corrected chi connectivity index (χ3v) is 2.54. The van der Waals surface area contributed by atoms with Gasteiger partial charge in [-0.3, -0.25) is 4.98 Å². The number of rotatable bonds is 4. The molecule has 0 saturated carbocycles. The number of benzene rings is 1. The molecule has 100 valence electrons. The number of hydrogen-bond acceptors (Lipinski definition) is 3. The Kier molecular flexibility index (Phi) is 4.21. The fourth-order valence-electron chi connectivity index (χ4n) is 1.46. The molecule has 7 heteroatoms. The van der Waals surface area contributed by atoms with E-state index in [4.69, 9.17) is 11.6 Å². The van der Waals surface area contributed by atoms with E-state index in [1.807, 2.05) is 0 Å². The summed E-state index contributed by atoms with van der Waals surface area (Å²) in [5, 5.41) is 0. The third kappa shape index (κ3) is 3.35. The van der Waals surface area contributed by atoms with Gasteiger partial charge in [0.05, 0.1) is 23.5 Å². The Morgan fingerprint density at radius 3 is 2.74 bits per heavy atom. The monoisotopic (exact) mass is 288 g/mol. The molecular weight excluding hydrogens is 281 g/mol. The van der Waals surface area contributed by atoms with Crippen molar-refractivity contribution in [2.45, 2.75) is 12.5 Å². The molecule has 0 N–H and O–H groups in total. The SMILES string of the molecule is Fc1ccc(-c2cncc(CCl)n2)cc1OC(F)F. The lowest BCUT2D eigenvalue weighted by Crippen LogP contribution is -2.04. The molecule has 2 aromatic rings. The number of nitrogens with zero attached hydrogens (tertiary/aromatic N) is 2. The lowest BCUT2D eigenvalue weighted by molar-refractivity contribution is -0.0521. The van der Waals surface area contributed by atoms with Gasteiger partial charge in [-0.15, -0.1) is 11.6 Å². The van der Waals surface area contributed by atoms with Crippen LogP contribution in [-0.2, 0) is 5.88 Å². The molecule has 2 rings (SSSR count). The van der Waals surface area contributed by atoms with Crippen LogP contribution < -0.4 is 4.74 Å². The van der Waals surface area contributed by atoms with Crippen molar-refractivity contribution in [2.24, 2.45) is 0 Å². The summed E-state index contributed by atoms with van der Waals surface area (Å²) < 4.78 is 41.6. The van der Waals surface area contributed by atoms with Crippen LogP contribution in [0.25, 0.3) is 11.3 Å². The highest BCUT2D eigenvalue weighted by Gasteiger charge is 2.12. The van der Waals surface area contributed by atoms with Crippen LogP contribution >= 0.6 is 11.6 Å².